The fourth-order valence-corrected chi connectivity index (χ4v) is 6.07. The fraction of sp³-hybridized carbons (Fsp3) is 0.296. The van der Waals surface area contributed by atoms with Crippen LogP contribution in [0, 0.1) is 0 Å². The summed E-state index contributed by atoms with van der Waals surface area (Å²) >= 11 is 2.71. The zero-order valence-electron chi connectivity index (χ0n) is 20.8. The van der Waals surface area contributed by atoms with Gasteiger partial charge in [0.15, 0.2) is 5.16 Å². The number of amides is 1. The van der Waals surface area contributed by atoms with E-state index in [0.29, 0.717) is 35.0 Å². The van der Waals surface area contributed by atoms with E-state index in [1.807, 2.05) is 64.9 Å². The molecule has 4 aromatic rings. The lowest BCUT2D eigenvalue weighted by molar-refractivity contribution is -0.128. The number of ether oxygens (including phenoxy) is 2. The summed E-state index contributed by atoms with van der Waals surface area (Å²) in [7, 11) is 3.30. The third kappa shape index (κ3) is 5.45. The standard InChI is InChI=1S/C27H28N4O4S2/c1-34-20-9-7-19(8-10-20)17-31-26(33)25-21(11-16-36-25)28-27(31)37-18-24(32)30-14-12-29(13-15-30)22-5-3-4-6-23(22)35-2/h3-11,16H,12-15,17-18H2,1-2H3. The molecular formula is C27H28N4O4S2. The number of anilines is 1. The Morgan fingerprint density at radius 1 is 1.00 bits per heavy atom. The van der Waals surface area contributed by atoms with Crippen molar-refractivity contribution >= 4 is 44.9 Å². The van der Waals surface area contributed by atoms with Crippen LogP contribution in [0.5, 0.6) is 11.5 Å². The summed E-state index contributed by atoms with van der Waals surface area (Å²) in [5.74, 6) is 1.86. The van der Waals surface area contributed by atoms with E-state index in [-0.39, 0.29) is 17.2 Å². The van der Waals surface area contributed by atoms with Crippen molar-refractivity contribution in [3.63, 3.8) is 0 Å². The number of aromatic nitrogens is 2. The number of thiophene rings is 1. The smallest absolute Gasteiger partial charge is 0.272 e. The molecule has 0 spiro atoms. The number of methoxy groups -OCH3 is 2. The summed E-state index contributed by atoms with van der Waals surface area (Å²) in [4.78, 5) is 35.3. The molecule has 0 N–H and O–H groups in total. The number of carbonyl (C=O) groups excluding carboxylic acids is 1. The lowest BCUT2D eigenvalue weighted by Crippen LogP contribution is -2.49. The molecule has 37 heavy (non-hydrogen) atoms. The predicted molar refractivity (Wildman–Crippen MR) is 148 cm³/mol. The van der Waals surface area contributed by atoms with Crippen LogP contribution in [0.1, 0.15) is 5.56 Å². The van der Waals surface area contributed by atoms with E-state index in [2.05, 4.69) is 4.90 Å². The van der Waals surface area contributed by atoms with Crippen LogP contribution in [0.25, 0.3) is 10.2 Å². The number of nitrogens with zero attached hydrogens (tertiary/aromatic N) is 4. The van der Waals surface area contributed by atoms with Gasteiger partial charge in [-0.05, 0) is 41.3 Å². The molecule has 1 aliphatic heterocycles. The van der Waals surface area contributed by atoms with Crippen molar-refractivity contribution in [2.24, 2.45) is 0 Å². The van der Waals surface area contributed by atoms with Crippen LogP contribution in [0.15, 0.2) is 69.9 Å². The van der Waals surface area contributed by atoms with Gasteiger partial charge in [-0.25, -0.2) is 4.98 Å². The first-order valence-electron chi connectivity index (χ1n) is 12.0. The molecule has 0 saturated carbocycles. The maximum Gasteiger partial charge on any atom is 0.272 e. The predicted octanol–water partition coefficient (Wildman–Crippen LogP) is 3.96. The second-order valence-electron chi connectivity index (χ2n) is 8.60. The Labute approximate surface area is 223 Å². The zero-order chi connectivity index (χ0) is 25.8. The Morgan fingerprint density at radius 2 is 1.76 bits per heavy atom. The summed E-state index contributed by atoms with van der Waals surface area (Å²) in [5, 5.41) is 2.42. The second kappa shape index (κ2) is 11.3. The normalized spacial score (nSPS) is 13.7. The van der Waals surface area contributed by atoms with Crippen LogP contribution >= 0.6 is 23.1 Å². The Bertz CT molecular complexity index is 1440. The van der Waals surface area contributed by atoms with Crippen molar-refractivity contribution in [3.8, 4) is 11.5 Å². The Kier molecular flexibility index (Phi) is 7.66. The van der Waals surface area contributed by atoms with Crippen LogP contribution in [-0.2, 0) is 11.3 Å². The Balaban J connectivity index is 1.28. The molecule has 2 aromatic carbocycles. The van der Waals surface area contributed by atoms with E-state index in [0.717, 1.165) is 35.8 Å². The minimum atomic E-state index is -0.0869. The summed E-state index contributed by atoms with van der Waals surface area (Å²) in [5.41, 5.74) is 2.58. The molecule has 5 rings (SSSR count). The number of fused-ring (bicyclic) bond motifs is 1. The summed E-state index contributed by atoms with van der Waals surface area (Å²) in [6, 6.07) is 17.4. The molecule has 10 heteroatoms. The van der Waals surface area contributed by atoms with Crippen molar-refractivity contribution in [3.05, 3.63) is 75.9 Å². The van der Waals surface area contributed by atoms with E-state index in [4.69, 9.17) is 14.5 Å². The molecule has 0 atom stereocenters. The highest BCUT2D eigenvalue weighted by atomic mass is 32.2. The number of piperazine rings is 1. The van der Waals surface area contributed by atoms with Crippen molar-refractivity contribution in [2.45, 2.75) is 11.7 Å². The van der Waals surface area contributed by atoms with Gasteiger partial charge >= 0.3 is 0 Å². The third-order valence-electron chi connectivity index (χ3n) is 6.41. The number of rotatable bonds is 8. The van der Waals surface area contributed by atoms with Gasteiger partial charge in [0, 0.05) is 26.2 Å². The minimum Gasteiger partial charge on any atom is -0.497 e. The third-order valence-corrected chi connectivity index (χ3v) is 8.27. The number of hydrogen-bond donors (Lipinski definition) is 0. The molecule has 3 heterocycles. The van der Waals surface area contributed by atoms with E-state index < -0.39 is 0 Å². The summed E-state index contributed by atoms with van der Waals surface area (Å²) < 4.78 is 13.0. The van der Waals surface area contributed by atoms with E-state index in [1.165, 1.54) is 23.1 Å². The quantitative estimate of drug-likeness (QED) is 0.249. The molecule has 8 nitrogen and oxygen atoms in total. The molecule has 0 radical (unpaired) electrons. The van der Waals surface area contributed by atoms with Gasteiger partial charge in [0.1, 0.15) is 16.2 Å². The molecule has 192 valence electrons. The number of thioether (sulfide) groups is 1. The molecule has 1 amide bonds. The molecular weight excluding hydrogens is 508 g/mol. The average molecular weight is 537 g/mol. The van der Waals surface area contributed by atoms with Crippen molar-refractivity contribution < 1.29 is 14.3 Å². The fourth-order valence-electron chi connectivity index (χ4n) is 4.39. The Hall–Kier alpha value is -3.50. The maximum absolute atomic E-state index is 13.3. The summed E-state index contributed by atoms with van der Waals surface area (Å²) in [6.07, 6.45) is 0. The molecule has 2 aromatic heterocycles. The van der Waals surface area contributed by atoms with Gasteiger partial charge in [-0.15, -0.1) is 11.3 Å². The average Bonchev–Trinajstić information content (AvgIpc) is 3.43. The van der Waals surface area contributed by atoms with Crippen LogP contribution in [0.4, 0.5) is 5.69 Å². The number of carbonyl (C=O) groups is 1. The van der Waals surface area contributed by atoms with Gasteiger partial charge in [0.05, 0.1) is 37.7 Å². The first-order valence-corrected chi connectivity index (χ1v) is 13.8. The highest BCUT2D eigenvalue weighted by Gasteiger charge is 2.24. The SMILES string of the molecule is COc1ccc(Cn2c(SCC(=O)N3CCN(c4ccccc4OC)CC3)nc3ccsc3c2=O)cc1. The maximum atomic E-state index is 13.3. The van der Waals surface area contributed by atoms with Gasteiger partial charge in [0.2, 0.25) is 5.91 Å². The number of hydrogen-bond acceptors (Lipinski definition) is 8. The molecule has 1 fully saturated rings. The van der Waals surface area contributed by atoms with Gasteiger partial charge in [-0.3, -0.25) is 14.2 Å². The molecule has 1 saturated heterocycles. The number of para-hydroxylation sites is 2. The topological polar surface area (TPSA) is 76.9 Å². The molecule has 0 aliphatic carbocycles. The summed E-state index contributed by atoms with van der Waals surface area (Å²) in [6.45, 7) is 3.11. The first-order chi connectivity index (χ1) is 18.1. The zero-order valence-corrected chi connectivity index (χ0v) is 22.4. The second-order valence-corrected chi connectivity index (χ2v) is 10.5. The molecule has 1 aliphatic rings. The number of benzene rings is 2. The van der Waals surface area contributed by atoms with Gasteiger partial charge in [0.25, 0.3) is 5.56 Å². The van der Waals surface area contributed by atoms with Crippen LogP contribution in [0.3, 0.4) is 0 Å². The highest BCUT2D eigenvalue weighted by Crippen LogP contribution is 2.29. The van der Waals surface area contributed by atoms with Gasteiger partial charge in [-0.1, -0.05) is 36.0 Å². The lowest BCUT2D eigenvalue weighted by atomic mass is 10.2. The highest BCUT2D eigenvalue weighted by molar-refractivity contribution is 7.99. The van der Waals surface area contributed by atoms with Crippen LogP contribution in [0.2, 0.25) is 0 Å². The lowest BCUT2D eigenvalue weighted by Gasteiger charge is -2.36. The van der Waals surface area contributed by atoms with Crippen molar-refractivity contribution in [2.75, 3.05) is 51.1 Å². The monoisotopic (exact) mass is 536 g/mol. The Morgan fingerprint density at radius 3 is 2.49 bits per heavy atom. The van der Waals surface area contributed by atoms with Gasteiger partial charge < -0.3 is 19.3 Å². The molecule has 0 unspecified atom stereocenters. The van der Waals surface area contributed by atoms with E-state index >= 15 is 0 Å². The van der Waals surface area contributed by atoms with Crippen molar-refractivity contribution in [1.82, 2.24) is 14.5 Å². The van der Waals surface area contributed by atoms with E-state index in [9.17, 15) is 9.59 Å². The molecule has 0 bridgehead atoms. The van der Waals surface area contributed by atoms with Crippen LogP contribution < -0.4 is 19.9 Å². The van der Waals surface area contributed by atoms with E-state index in [1.54, 1.807) is 18.8 Å². The first kappa shape index (κ1) is 25.2. The minimum absolute atomic E-state index is 0.0420. The largest absolute Gasteiger partial charge is 0.497 e. The van der Waals surface area contributed by atoms with Crippen LogP contribution in [-0.4, -0.2) is 66.5 Å². The van der Waals surface area contributed by atoms with Crippen molar-refractivity contribution in [1.29, 1.82) is 0 Å². The van der Waals surface area contributed by atoms with Gasteiger partial charge in [-0.2, -0.15) is 0 Å².